The predicted octanol–water partition coefficient (Wildman–Crippen LogP) is 5.21. The van der Waals surface area contributed by atoms with E-state index < -0.39 is 30.7 Å². The van der Waals surface area contributed by atoms with Crippen molar-refractivity contribution in [3.05, 3.63) is 108 Å². The van der Waals surface area contributed by atoms with Gasteiger partial charge in [-0.15, -0.1) is 0 Å². The van der Waals surface area contributed by atoms with E-state index >= 15 is 0 Å². The molecule has 5 atom stereocenters. The number of aliphatic hydroxyl groups excluding tert-OH is 1. The molecule has 0 unspecified atom stereocenters. The van der Waals surface area contributed by atoms with E-state index in [1.54, 1.807) is 0 Å². The molecule has 226 valence electrons. The number of hydrogen-bond acceptors (Lipinski definition) is 8. The molecule has 0 aliphatic carbocycles. The minimum absolute atomic E-state index is 0.222. The number of unbranched alkanes of at least 4 members (excludes halogenated alkanes) is 2. The summed E-state index contributed by atoms with van der Waals surface area (Å²) in [5, 5.41) is 11.4. The lowest BCUT2D eigenvalue weighted by molar-refractivity contribution is -0.319. The van der Waals surface area contributed by atoms with Crippen LogP contribution in [0.3, 0.4) is 0 Å². The molecule has 0 saturated carbocycles. The third kappa shape index (κ3) is 10.3. The third-order valence-electron chi connectivity index (χ3n) is 7.11. The monoisotopic (exact) mass is 578 g/mol. The fourth-order valence-corrected chi connectivity index (χ4v) is 4.81. The second kappa shape index (κ2) is 17.8. The van der Waals surface area contributed by atoms with Crippen molar-refractivity contribution in [2.45, 2.75) is 76.2 Å². The van der Waals surface area contributed by atoms with Gasteiger partial charge in [0.15, 0.2) is 6.29 Å². The molecule has 1 N–H and O–H groups in total. The Morgan fingerprint density at radius 1 is 0.714 bits per heavy atom. The third-order valence-corrected chi connectivity index (χ3v) is 7.11. The number of esters is 1. The molecule has 4 rings (SSSR count). The first-order valence-corrected chi connectivity index (χ1v) is 14.6. The normalized spacial score (nSPS) is 22.1. The van der Waals surface area contributed by atoms with Crippen molar-refractivity contribution >= 4 is 5.97 Å². The molecular formula is C34H42O8. The lowest BCUT2D eigenvalue weighted by Gasteiger charge is -2.44. The number of methoxy groups -OCH3 is 1. The minimum Gasteiger partial charge on any atom is -0.469 e. The maximum atomic E-state index is 11.4. The summed E-state index contributed by atoms with van der Waals surface area (Å²) >= 11 is 0. The van der Waals surface area contributed by atoms with Crippen LogP contribution in [0.1, 0.15) is 42.4 Å². The molecule has 3 aromatic rings. The lowest BCUT2D eigenvalue weighted by atomic mass is 9.98. The van der Waals surface area contributed by atoms with E-state index in [-0.39, 0.29) is 12.6 Å². The van der Waals surface area contributed by atoms with E-state index in [1.807, 2.05) is 91.0 Å². The molecule has 1 aliphatic rings. The van der Waals surface area contributed by atoms with Gasteiger partial charge in [-0.2, -0.15) is 0 Å². The molecule has 0 amide bonds. The van der Waals surface area contributed by atoms with Gasteiger partial charge in [-0.1, -0.05) is 97.4 Å². The van der Waals surface area contributed by atoms with Crippen LogP contribution in [0.15, 0.2) is 91.0 Å². The molecule has 8 nitrogen and oxygen atoms in total. The Morgan fingerprint density at radius 2 is 1.26 bits per heavy atom. The van der Waals surface area contributed by atoms with Gasteiger partial charge in [-0.05, 0) is 29.5 Å². The van der Waals surface area contributed by atoms with Crippen LogP contribution in [0.4, 0.5) is 0 Å². The summed E-state index contributed by atoms with van der Waals surface area (Å²) in [4.78, 5) is 11.4. The second-order valence-corrected chi connectivity index (χ2v) is 10.3. The summed E-state index contributed by atoms with van der Waals surface area (Å²) in [5.41, 5.74) is 3.03. The van der Waals surface area contributed by atoms with Crippen molar-refractivity contribution in [2.24, 2.45) is 0 Å². The van der Waals surface area contributed by atoms with Gasteiger partial charge in [0.25, 0.3) is 0 Å². The standard InChI is InChI=1S/C34H42O8/c1-37-30(35)20-12-5-13-21-39-34-31(36)33(41-24-28-18-10-4-11-19-28)32(40-23-27-16-8-3-9-17-27)29(42-34)25-38-22-26-14-6-2-7-15-26/h2-4,6-11,14-19,29,31-34,36H,5,12-13,20-25H2,1H3/t29-,31+,32-,33-,34-/m1/s1. The number of rotatable bonds is 17. The first kappa shape index (κ1) is 31.8. The highest BCUT2D eigenvalue weighted by atomic mass is 16.7. The summed E-state index contributed by atoms with van der Waals surface area (Å²) in [5.74, 6) is -0.222. The minimum atomic E-state index is -1.09. The van der Waals surface area contributed by atoms with Crippen molar-refractivity contribution in [1.82, 2.24) is 0 Å². The largest absolute Gasteiger partial charge is 0.469 e. The van der Waals surface area contributed by atoms with E-state index in [9.17, 15) is 9.90 Å². The van der Waals surface area contributed by atoms with E-state index in [0.29, 0.717) is 45.7 Å². The van der Waals surface area contributed by atoms with Crippen LogP contribution < -0.4 is 0 Å². The van der Waals surface area contributed by atoms with Gasteiger partial charge in [0.05, 0.1) is 33.5 Å². The Hall–Kier alpha value is -3.11. The van der Waals surface area contributed by atoms with Crippen molar-refractivity contribution in [3.8, 4) is 0 Å². The quantitative estimate of drug-likeness (QED) is 0.172. The molecule has 0 bridgehead atoms. The average molecular weight is 579 g/mol. The van der Waals surface area contributed by atoms with Gasteiger partial charge in [0.1, 0.15) is 24.4 Å². The Kier molecular flexibility index (Phi) is 13.5. The van der Waals surface area contributed by atoms with Crippen LogP contribution in [0, 0.1) is 0 Å². The van der Waals surface area contributed by atoms with Gasteiger partial charge in [-0.3, -0.25) is 4.79 Å². The molecule has 0 spiro atoms. The van der Waals surface area contributed by atoms with Crippen LogP contribution in [0.5, 0.6) is 0 Å². The van der Waals surface area contributed by atoms with E-state index in [1.165, 1.54) is 7.11 Å². The average Bonchev–Trinajstić information content (AvgIpc) is 3.03. The van der Waals surface area contributed by atoms with Gasteiger partial charge >= 0.3 is 5.97 Å². The fraction of sp³-hybridized carbons (Fsp3) is 0.441. The Labute approximate surface area is 248 Å². The van der Waals surface area contributed by atoms with E-state index in [4.69, 9.17) is 28.4 Å². The highest BCUT2D eigenvalue weighted by Gasteiger charge is 2.47. The molecule has 1 heterocycles. The van der Waals surface area contributed by atoms with Crippen molar-refractivity contribution in [1.29, 1.82) is 0 Å². The number of hydrogen-bond donors (Lipinski definition) is 1. The molecular weight excluding hydrogens is 536 g/mol. The molecule has 42 heavy (non-hydrogen) atoms. The molecule has 1 fully saturated rings. The number of benzene rings is 3. The molecule has 1 saturated heterocycles. The number of aliphatic hydroxyl groups is 1. The van der Waals surface area contributed by atoms with Gasteiger partial charge < -0.3 is 33.5 Å². The zero-order chi connectivity index (χ0) is 29.4. The number of carbonyl (C=O) groups is 1. The summed E-state index contributed by atoms with van der Waals surface area (Å²) in [6.45, 7) is 1.63. The lowest BCUT2D eigenvalue weighted by Crippen LogP contribution is -2.61. The van der Waals surface area contributed by atoms with Gasteiger partial charge in [0, 0.05) is 13.0 Å². The highest BCUT2D eigenvalue weighted by molar-refractivity contribution is 5.68. The smallest absolute Gasteiger partial charge is 0.305 e. The van der Waals surface area contributed by atoms with E-state index in [2.05, 4.69) is 0 Å². The summed E-state index contributed by atoms with van der Waals surface area (Å²) in [6.07, 6.45) is -1.32. The first-order valence-electron chi connectivity index (χ1n) is 14.6. The van der Waals surface area contributed by atoms with Crippen LogP contribution in [0.25, 0.3) is 0 Å². The Morgan fingerprint density at radius 3 is 1.83 bits per heavy atom. The SMILES string of the molecule is COC(=O)CCCCCO[C@@H]1O[C@H](COCc2ccccc2)[C@@H](OCc2ccccc2)[C@H](OCc2ccccc2)[C@@H]1O. The predicted molar refractivity (Wildman–Crippen MR) is 157 cm³/mol. The van der Waals surface area contributed by atoms with Crippen molar-refractivity contribution in [2.75, 3.05) is 20.3 Å². The Balaban J connectivity index is 1.45. The first-order chi connectivity index (χ1) is 20.6. The van der Waals surface area contributed by atoms with Crippen LogP contribution >= 0.6 is 0 Å². The Bertz CT molecular complexity index is 1140. The molecule has 3 aromatic carbocycles. The van der Waals surface area contributed by atoms with E-state index in [0.717, 1.165) is 23.1 Å². The summed E-state index contributed by atoms with van der Waals surface area (Å²) < 4.78 is 35.9. The van der Waals surface area contributed by atoms with Crippen LogP contribution in [0.2, 0.25) is 0 Å². The maximum Gasteiger partial charge on any atom is 0.305 e. The fourth-order valence-electron chi connectivity index (χ4n) is 4.81. The van der Waals surface area contributed by atoms with Crippen LogP contribution in [-0.2, 0) is 53.0 Å². The maximum absolute atomic E-state index is 11.4. The highest BCUT2D eigenvalue weighted by Crippen LogP contribution is 2.29. The second-order valence-electron chi connectivity index (χ2n) is 10.3. The topological polar surface area (TPSA) is 92.7 Å². The van der Waals surface area contributed by atoms with Crippen molar-refractivity contribution < 1.29 is 38.3 Å². The van der Waals surface area contributed by atoms with Gasteiger partial charge in [0.2, 0.25) is 0 Å². The summed E-state index contributed by atoms with van der Waals surface area (Å²) in [6, 6.07) is 29.6. The molecule has 0 radical (unpaired) electrons. The molecule has 8 heteroatoms. The zero-order valence-electron chi connectivity index (χ0n) is 24.2. The van der Waals surface area contributed by atoms with Crippen LogP contribution in [-0.4, -0.2) is 62.1 Å². The molecule has 0 aromatic heterocycles. The number of ether oxygens (including phenoxy) is 6. The molecule has 1 aliphatic heterocycles. The summed E-state index contributed by atoms with van der Waals surface area (Å²) in [7, 11) is 1.39. The number of carbonyl (C=O) groups excluding carboxylic acids is 1. The zero-order valence-corrected chi connectivity index (χ0v) is 24.2. The van der Waals surface area contributed by atoms with Crippen molar-refractivity contribution in [3.63, 3.8) is 0 Å². The van der Waals surface area contributed by atoms with Gasteiger partial charge in [-0.25, -0.2) is 0 Å².